The molecule has 0 unspecified atom stereocenters. The Morgan fingerprint density at radius 2 is 1.92 bits per heavy atom. The van der Waals surface area contributed by atoms with Crippen LogP contribution < -0.4 is 5.73 Å². The molecule has 0 spiro atoms. The summed E-state index contributed by atoms with van der Waals surface area (Å²) in [7, 11) is 0. The smallest absolute Gasteiger partial charge is 0.240 e. The Bertz CT molecular complexity index is 192. The Hall–Kier alpha value is -1.06. The molecule has 0 aliphatic carbocycles. The number of primary amides is 1. The molecule has 13 heavy (non-hydrogen) atoms. The molecule has 76 valence electrons. The Balaban J connectivity index is 4.48. The second kappa shape index (κ2) is 5.56. The topological polar surface area (TPSA) is 63.4 Å². The van der Waals surface area contributed by atoms with Gasteiger partial charge in [-0.05, 0) is 12.8 Å². The van der Waals surface area contributed by atoms with E-state index in [-0.39, 0.29) is 5.91 Å². The highest BCUT2D eigenvalue weighted by Gasteiger charge is 2.22. The monoisotopic (exact) mass is 186 g/mol. The average Bonchev–Trinajstić information content (AvgIpc) is 2.03. The van der Waals surface area contributed by atoms with E-state index in [0.717, 1.165) is 6.42 Å². The van der Waals surface area contributed by atoms with E-state index in [0.29, 0.717) is 13.0 Å². The third kappa shape index (κ3) is 3.44. The molecule has 1 atom stereocenters. The van der Waals surface area contributed by atoms with Gasteiger partial charge in [-0.3, -0.25) is 9.59 Å². The van der Waals surface area contributed by atoms with Gasteiger partial charge in [-0.15, -0.1) is 0 Å². The maximum atomic E-state index is 11.2. The molecule has 0 radical (unpaired) electrons. The van der Waals surface area contributed by atoms with Gasteiger partial charge < -0.3 is 10.6 Å². The van der Waals surface area contributed by atoms with E-state index in [1.54, 1.807) is 0 Å². The van der Waals surface area contributed by atoms with E-state index in [9.17, 15) is 9.59 Å². The van der Waals surface area contributed by atoms with Gasteiger partial charge in [0, 0.05) is 13.5 Å². The Morgan fingerprint density at radius 3 is 2.15 bits per heavy atom. The molecule has 0 fully saturated rings. The van der Waals surface area contributed by atoms with Gasteiger partial charge in [0.15, 0.2) is 0 Å². The molecule has 0 bridgehead atoms. The highest BCUT2D eigenvalue weighted by atomic mass is 16.2. The van der Waals surface area contributed by atoms with Crippen molar-refractivity contribution < 1.29 is 9.59 Å². The zero-order valence-corrected chi connectivity index (χ0v) is 8.54. The van der Waals surface area contributed by atoms with Crippen molar-refractivity contribution in [2.75, 3.05) is 6.54 Å². The molecule has 2 amide bonds. The molecular weight excluding hydrogens is 168 g/mol. The molecule has 0 aliphatic heterocycles. The summed E-state index contributed by atoms with van der Waals surface area (Å²) in [6.07, 6.45) is 1.41. The van der Waals surface area contributed by atoms with E-state index in [4.69, 9.17) is 5.73 Å². The van der Waals surface area contributed by atoms with Crippen LogP contribution in [0.1, 0.15) is 33.6 Å². The fraction of sp³-hybridized carbons (Fsp3) is 0.778. The zero-order valence-electron chi connectivity index (χ0n) is 8.54. The molecule has 0 rings (SSSR count). The van der Waals surface area contributed by atoms with Crippen molar-refractivity contribution in [2.45, 2.75) is 39.7 Å². The number of nitrogens with two attached hydrogens (primary N) is 1. The molecule has 0 aromatic heterocycles. The molecule has 0 heterocycles. The second-order valence-corrected chi connectivity index (χ2v) is 3.04. The minimum absolute atomic E-state index is 0.0903. The summed E-state index contributed by atoms with van der Waals surface area (Å²) in [4.78, 5) is 23.7. The standard InChI is InChI=1S/C9H18N2O2/c1-4-6-11(7(3)12)8(5-2)9(10)13/h8H,4-6H2,1-3H3,(H2,10,13)/t8-/m0/s1. The highest BCUT2D eigenvalue weighted by Crippen LogP contribution is 2.05. The van der Waals surface area contributed by atoms with Gasteiger partial charge in [0.25, 0.3) is 0 Å². The van der Waals surface area contributed by atoms with Crippen molar-refractivity contribution in [3.05, 3.63) is 0 Å². The number of amides is 2. The first-order chi connectivity index (χ1) is 6.04. The first-order valence-corrected chi connectivity index (χ1v) is 4.61. The van der Waals surface area contributed by atoms with Gasteiger partial charge >= 0.3 is 0 Å². The van der Waals surface area contributed by atoms with E-state index in [2.05, 4.69) is 0 Å². The van der Waals surface area contributed by atoms with Crippen LogP contribution in [0.3, 0.4) is 0 Å². The van der Waals surface area contributed by atoms with Crippen LogP contribution in [0, 0.1) is 0 Å². The van der Waals surface area contributed by atoms with E-state index in [1.165, 1.54) is 11.8 Å². The predicted octanol–water partition coefficient (Wildman–Crippen LogP) is 0.509. The average molecular weight is 186 g/mol. The first-order valence-electron chi connectivity index (χ1n) is 4.61. The van der Waals surface area contributed by atoms with Crippen LogP contribution in [0.15, 0.2) is 0 Å². The number of hydrogen-bond donors (Lipinski definition) is 1. The van der Waals surface area contributed by atoms with E-state index >= 15 is 0 Å². The fourth-order valence-corrected chi connectivity index (χ4v) is 1.35. The summed E-state index contributed by atoms with van der Waals surface area (Å²) < 4.78 is 0. The van der Waals surface area contributed by atoms with Crippen LogP contribution in [0.4, 0.5) is 0 Å². The maximum absolute atomic E-state index is 11.2. The summed E-state index contributed by atoms with van der Waals surface area (Å²) in [5, 5.41) is 0. The molecule has 0 aliphatic rings. The van der Waals surface area contributed by atoms with Crippen molar-refractivity contribution in [1.29, 1.82) is 0 Å². The molecule has 0 aromatic carbocycles. The SMILES string of the molecule is CCCN(C(C)=O)[C@@H](CC)C(N)=O. The second-order valence-electron chi connectivity index (χ2n) is 3.04. The van der Waals surface area contributed by atoms with E-state index < -0.39 is 11.9 Å². The Kier molecular flexibility index (Phi) is 5.11. The summed E-state index contributed by atoms with van der Waals surface area (Å²) in [5.41, 5.74) is 5.18. The number of carbonyl (C=O) groups is 2. The van der Waals surface area contributed by atoms with Crippen LogP contribution in [0.5, 0.6) is 0 Å². The summed E-state index contributed by atoms with van der Waals surface area (Å²) in [5.74, 6) is -0.515. The lowest BCUT2D eigenvalue weighted by Gasteiger charge is -2.27. The van der Waals surface area contributed by atoms with Crippen molar-refractivity contribution in [3.63, 3.8) is 0 Å². The Morgan fingerprint density at radius 1 is 1.38 bits per heavy atom. The van der Waals surface area contributed by atoms with E-state index in [1.807, 2.05) is 13.8 Å². The molecule has 4 nitrogen and oxygen atoms in total. The van der Waals surface area contributed by atoms with Crippen LogP contribution in [-0.2, 0) is 9.59 Å². The number of rotatable bonds is 5. The largest absolute Gasteiger partial charge is 0.368 e. The number of hydrogen-bond acceptors (Lipinski definition) is 2. The minimum Gasteiger partial charge on any atom is -0.368 e. The number of carbonyl (C=O) groups excluding carboxylic acids is 2. The van der Waals surface area contributed by atoms with Gasteiger partial charge in [0.05, 0.1) is 0 Å². The normalized spacial score (nSPS) is 12.2. The van der Waals surface area contributed by atoms with Gasteiger partial charge in [-0.1, -0.05) is 13.8 Å². The van der Waals surface area contributed by atoms with Crippen molar-refractivity contribution >= 4 is 11.8 Å². The molecule has 2 N–H and O–H groups in total. The van der Waals surface area contributed by atoms with Crippen molar-refractivity contribution in [3.8, 4) is 0 Å². The number of nitrogens with zero attached hydrogens (tertiary/aromatic N) is 1. The summed E-state index contributed by atoms with van der Waals surface area (Å²) in [6.45, 7) is 5.86. The summed E-state index contributed by atoms with van der Waals surface area (Å²) in [6, 6.07) is -0.447. The lowest BCUT2D eigenvalue weighted by atomic mass is 10.1. The molecule has 0 saturated carbocycles. The van der Waals surface area contributed by atoms with Crippen LogP contribution in [0.2, 0.25) is 0 Å². The third-order valence-electron chi connectivity index (χ3n) is 1.96. The van der Waals surface area contributed by atoms with Crippen molar-refractivity contribution in [1.82, 2.24) is 4.90 Å². The van der Waals surface area contributed by atoms with Gasteiger partial charge in [-0.25, -0.2) is 0 Å². The quantitative estimate of drug-likeness (QED) is 0.680. The molecular formula is C9H18N2O2. The third-order valence-corrected chi connectivity index (χ3v) is 1.96. The fourth-order valence-electron chi connectivity index (χ4n) is 1.35. The Labute approximate surface area is 79.1 Å². The first kappa shape index (κ1) is 11.9. The van der Waals surface area contributed by atoms with Crippen LogP contribution in [0.25, 0.3) is 0 Å². The molecule has 0 aromatic rings. The highest BCUT2D eigenvalue weighted by molar-refractivity contribution is 5.85. The van der Waals surface area contributed by atoms with Crippen molar-refractivity contribution in [2.24, 2.45) is 5.73 Å². The minimum atomic E-state index is -0.447. The van der Waals surface area contributed by atoms with Crippen LogP contribution in [-0.4, -0.2) is 29.3 Å². The molecule has 0 saturated heterocycles. The zero-order chi connectivity index (χ0) is 10.4. The van der Waals surface area contributed by atoms with Gasteiger partial charge in [0.1, 0.15) is 6.04 Å². The predicted molar refractivity (Wildman–Crippen MR) is 51.0 cm³/mol. The maximum Gasteiger partial charge on any atom is 0.240 e. The molecule has 4 heteroatoms. The summed E-state index contributed by atoms with van der Waals surface area (Å²) >= 11 is 0. The lowest BCUT2D eigenvalue weighted by molar-refractivity contribution is -0.137. The van der Waals surface area contributed by atoms with Crippen LogP contribution >= 0.6 is 0 Å². The van der Waals surface area contributed by atoms with Gasteiger partial charge in [0.2, 0.25) is 11.8 Å². The van der Waals surface area contributed by atoms with Gasteiger partial charge in [-0.2, -0.15) is 0 Å². The lowest BCUT2D eigenvalue weighted by Crippen LogP contribution is -2.47.